The minimum Gasteiger partial charge on any atom is -0.444 e. The summed E-state index contributed by atoms with van der Waals surface area (Å²) in [6, 6.07) is 0.200. The first-order chi connectivity index (χ1) is 9.89. The summed E-state index contributed by atoms with van der Waals surface area (Å²) >= 11 is 1.71. The number of hydrogen-bond acceptors (Lipinski definition) is 5. The van der Waals surface area contributed by atoms with Crippen LogP contribution in [0.4, 0.5) is 4.79 Å². The molecule has 0 saturated carbocycles. The largest absolute Gasteiger partial charge is 0.444 e. The molecule has 5 nitrogen and oxygen atoms in total. The number of alkyl carbamates (subject to hydrolysis) is 1. The molecule has 6 heteroatoms. The number of hydrogen-bond donors (Lipinski definition) is 2. The van der Waals surface area contributed by atoms with Crippen LogP contribution in [-0.4, -0.2) is 28.8 Å². The lowest BCUT2D eigenvalue weighted by molar-refractivity contribution is 0.0471. The normalized spacial score (nSPS) is 13.8. The van der Waals surface area contributed by atoms with Crippen molar-refractivity contribution in [3.05, 3.63) is 15.6 Å². The lowest BCUT2D eigenvalue weighted by Crippen LogP contribution is -2.51. The Morgan fingerprint density at radius 3 is 2.32 bits per heavy atom. The molecule has 0 aliphatic carbocycles. The van der Waals surface area contributed by atoms with Crippen LogP contribution in [0.25, 0.3) is 0 Å². The van der Waals surface area contributed by atoms with Crippen molar-refractivity contribution in [2.45, 2.75) is 72.6 Å². The van der Waals surface area contributed by atoms with Gasteiger partial charge in [-0.15, -0.1) is 11.3 Å². The third-order valence-electron chi connectivity index (χ3n) is 3.02. The number of carbonyl (C=O) groups is 1. The Kier molecular flexibility index (Phi) is 5.98. The number of aryl methyl sites for hydroxylation is 2. The molecule has 0 aromatic carbocycles. The van der Waals surface area contributed by atoms with E-state index in [1.165, 1.54) is 4.88 Å². The highest BCUT2D eigenvalue weighted by atomic mass is 32.1. The van der Waals surface area contributed by atoms with E-state index in [0.29, 0.717) is 6.54 Å². The second-order valence-electron chi connectivity index (χ2n) is 7.30. The van der Waals surface area contributed by atoms with Gasteiger partial charge in [0.2, 0.25) is 0 Å². The highest BCUT2D eigenvalue weighted by Gasteiger charge is 2.25. The fourth-order valence-corrected chi connectivity index (χ4v) is 3.03. The Morgan fingerprint density at radius 2 is 1.86 bits per heavy atom. The molecule has 0 fully saturated rings. The Bertz CT molecular complexity index is 518. The standard InChI is InChI=1S/C16H29N3O2S/c1-10(13-11(2)18-12(3)22-13)17-9-16(7,8)19-14(20)21-15(4,5)6/h10,17H,9H2,1-8H3,(H,19,20). The Labute approximate surface area is 137 Å². The minimum atomic E-state index is -0.488. The van der Waals surface area contributed by atoms with Gasteiger partial charge in [0.15, 0.2) is 0 Å². The monoisotopic (exact) mass is 327 g/mol. The predicted octanol–water partition coefficient (Wildman–Crippen LogP) is 3.71. The molecule has 1 amide bonds. The van der Waals surface area contributed by atoms with Crippen molar-refractivity contribution < 1.29 is 9.53 Å². The van der Waals surface area contributed by atoms with Gasteiger partial charge in [0.05, 0.1) is 16.2 Å². The summed E-state index contributed by atoms with van der Waals surface area (Å²) in [6.07, 6.45) is -0.392. The maximum Gasteiger partial charge on any atom is 0.408 e. The third-order valence-corrected chi connectivity index (χ3v) is 4.28. The van der Waals surface area contributed by atoms with Crippen molar-refractivity contribution in [2.24, 2.45) is 0 Å². The van der Waals surface area contributed by atoms with E-state index < -0.39 is 17.2 Å². The van der Waals surface area contributed by atoms with E-state index in [1.54, 1.807) is 11.3 Å². The first-order valence-electron chi connectivity index (χ1n) is 7.58. The number of thiazole rings is 1. The smallest absolute Gasteiger partial charge is 0.408 e. The van der Waals surface area contributed by atoms with E-state index in [-0.39, 0.29) is 6.04 Å². The van der Waals surface area contributed by atoms with Crippen molar-refractivity contribution in [1.29, 1.82) is 0 Å². The molecule has 1 heterocycles. The van der Waals surface area contributed by atoms with Crippen LogP contribution in [0.1, 0.15) is 63.2 Å². The summed E-state index contributed by atoms with van der Waals surface area (Å²) in [5.74, 6) is 0. The van der Waals surface area contributed by atoms with Crippen LogP contribution in [-0.2, 0) is 4.74 Å². The molecule has 1 unspecified atom stereocenters. The Balaban J connectivity index is 2.54. The first kappa shape index (κ1) is 18.9. The maximum atomic E-state index is 11.9. The highest BCUT2D eigenvalue weighted by Crippen LogP contribution is 2.24. The van der Waals surface area contributed by atoms with Crippen molar-refractivity contribution in [2.75, 3.05) is 6.54 Å². The maximum absolute atomic E-state index is 11.9. The molecule has 0 saturated heterocycles. The van der Waals surface area contributed by atoms with E-state index in [4.69, 9.17) is 4.74 Å². The van der Waals surface area contributed by atoms with Gasteiger partial charge in [-0.2, -0.15) is 0 Å². The van der Waals surface area contributed by atoms with E-state index in [9.17, 15) is 4.79 Å². The molecule has 0 radical (unpaired) electrons. The van der Waals surface area contributed by atoms with Gasteiger partial charge in [-0.3, -0.25) is 0 Å². The average Bonchev–Trinajstić information content (AvgIpc) is 2.62. The zero-order valence-electron chi connectivity index (χ0n) is 15.0. The number of amides is 1. The molecule has 0 spiro atoms. The summed E-state index contributed by atoms with van der Waals surface area (Å²) in [7, 11) is 0. The zero-order valence-corrected chi connectivity index (χ0v) is 15.8. The molecule has 2 N–H and O–H groups in total. The first-order valence-corrected chi connectivity index (χ1v) is 8.40. The van der Waals surface area contributed by atoms with Crippen LogP contribution in [0.3, 0.4) is 0 Å². The number of ether oxygens (including phenoxy) is 1. The summed E-state index contributed by atoms with van der Waals surface area (Å²) in [6.45, 7) is 16.3. The number of nitrogens with one attached hydrogen (secondary N) is 2. The van der Waals surface area contributed by atoms with Gasteiger partial charge in [0.25, 0.3) is 0 Å². The average molecular weight is 327 g/mol. The van der Waals surface area contributed by atoms with Gasteiger partial charge < -0.3 is 15.4 Å². The van der Waals surface area contributed by atoms with Crippen molar-refractivity contribution in [3.8, 4) is 0 Å². The van der Waals surface area contributed by atoms with E-state index in [1.807, 2.05) is 48.5 Å². The second-order valence-corrected chi connectivity index (χ2v) is 8.53. The van der Waals surface area contributed by atoms with Crippen molar-refractivity contribution >= 4 is 17.4 Å². The van der Waals surface area contributed by atoms with Crippen LogP contribution in [0.15, 0.2) is 0 Å². The van der Waals surface area contributed by atoms with E-state index in [2.05, 4.69) is 22.5 Å². The second kappa shape index (κ2) is 6.96. The van der Waals surface area contributed by atoms with Crippen LogP contribution in [0, 0.1) is 13.8 Å². The summed E-state index contributed by atoms with van der Waals surface area (Å²) in [4.78, 5) is 17.6. The zero-order chi connectivity index (χ0) is 17.1. The molecule has 22 heavy (non-hydrogen) atoms. The molecular formula is C16H29N3O2S. The van der Waals surface area contributed by atoms with Crippen LogP contribution in [0.5, 0.6) is 0 Å². The molecule has 0 bridgehead atoms. The highest BCUT2D eigenvalue weighted by molar-refractivity contribution is 7.11. The number of nitrogens with zero attached hydrogens (tertiary/aromatic N) is 1. The minimum absolute atomic E-state index is 0.200. The van der Waals surface area contributed by atoms with Gasteiger partial charge in [-0.25, -0.2) is 9.78 Å². The molecule has 0 aliphatic heterocycles. The molecule has 1 atom stereocenters. The molecule has 1 rings (SSSR count). The van der Waals surface area contributed by atoms with Gasteiger partial charge in [-0.1, -0.05) is 0 Å². The molecular weight excluding hydrogens is 298 g/mol. The Hall–Kier alpha value is -1.14. The fourth-order valence-electron chi connectivity index (χ4n) is 2.07. The summed E-state index contributed by atoms with van der Waals surface area (Å²) in [5.41, 5.74) is 0.183. The lowest BCUT2D eigenvalue weighted by atomic mass is 10.1. The van der Waals surface area contributed by atoms with Crippen molar-refractivity contribution in [1.82, 2.24) is 15.6 Å². The number of carbonyl (C=O) groups excluding carboxylic acids is 1. The van der Waals surface area contributed by atoms with Crippen molar-refractivity contribution in [3.63, 3.8) is 0 Å². The van der Waals surface area contributed by atoms with Gasteiger partial charge in [-0.05, 0) is 55.4 Å². The summed E-state index contributed by atoms with van der Waals surface area (Å²) in [5, 5.41) is 7.44. The van der Waals surface area contributed by atoms with E-state index in [0.717, 1.165) is 10.7 Å². The fraction of sp³-hybridized carbons (Fsp3) is 0.750. The van der Waals surface area contributed by atoms with E-state index >= 15 is 0 Å². The topological polar surface area (TPSA) is 63.2 Å². The van der Waals surface area contributed by atoms with Gasteiger partial charge in [0, 0.05) is 17.5 Å². The molecule has 1 aromatic rings. The quantitative estimate of drug-likeness (QED) is 0.865. The number of rotatable bonds is 5. The molecule has 126 valence electrons. The van der Waals surface area contributed by atoms with Gasteiger partial charge >= 0.3 is 6.09 Å². The predicted molar refractivity (Wildman–Crippen MR) is 91.5 cm³/mol. The van der Waals surface area contributed by atoms with Crippen LogP contribution >= 0.6 is 11.3 Å². The Morgan fingerprint density at radius 1 is 1.27 bits per heavy atom. The number of aromatic nitrogens is 1. The lowest BCUT2D eigenvalue weighted by Gasteiger charge is -2.30. The summed E-state index contributed by atoms with van der Waals surface area (Å²) < 4.78 is 5.30. The van der Waals surface area contributed by atoms with Crippen LogP contribution < -0.4 is 10.6 Å². The SMILES string of the molecule is Cc1nc(C)c(C(C)NCC(C)(C)NC(=O)OC(C)(C)C)s1. The molecule has 0 aliphatic rings. The third kappa shape index (κ3) is 6.32. The van der Waals surface area contributed by atoms with Gasteiger partial charge in [0.1, 0.15) is 5.60 Å². The molecule has 1 aromatic heterocycles. The van der Waals surface area contributed by atoms with Crippen LogP contribution in [0.2, 0.25) is 0 Å².